The van der Waals surface area contributed by atoms with Crippen LogP contribution in [-0.4, -0.2) is 30.6 Å². The Morgan fingerprint density at radius 2 is 1.86 bits per heavy atom. The van der Waals surface area contributed by atoms with Crippen molar-refractivity contribution in [3.63, 3.8) is 0 Å². The van der Waals surface area contributed by atoms with E-state index in [-0.39, 0.29) is 11.6 Å². The first-order chi connectivity index (χ1) is 9.95. The van der Waals surface area contributed by atoms with Crippen LogP contribution in [0.25, 0.3) is 0 Å². The van der Waals surface area contributed by atoms with Crippen molar-refractivity contribution < 1.29 is 8.78 Å². The number of halogens is 2. The number of hydrogen-bond acceptors (Lipinski definition) is 2. The molecule has 1 aliphatic rings. The maximum atomic E-state index is 14.4. The lowest BCUT2D eigenvalue weighted by molar-refractivity contribution is 0.0854. The van der Waals surface area contributed by atoms with Gasteiger partial charge in [0, 0.05) is 11.1 Å². The van der Waals surface area contributed by atoms with Crippen LogP contribution in [0.4, 0.5) is 8.78 Å². The smallest absolute Gasteiger partial charge is 0.163 e. The molecular weight excluding hydrogens is 270 g/mol. The topological polar surface area (TPSA) is 15.3 Å². The van der Waals surface area contributed by atoms with Gasteiger partial charge in [-0.25, -0.2) is 8.78 Å². The molecular formula is C17H26F2N2. The number of aryl methyl sites for hydroxylation is 1. The number of rotatable bonds is 5. The van der Waals surface area contributed by atoms with E-state index in [9.17, 15) is 8.78 Å². The number of likely N-dealkylation sites (N-methyl/N-ethyl adjacent to an activating group) is 1. The lowest BCUT2D eigenvalue weighted by Gasteiger charge is -2.44. The number of likely N-dealkylation sites (tertiary alicyclic amines) is 1. The largest absolute Gasteiger partial charge is 0.311 e. The number of benzene rings is 1. The van der Waals surface area contributed by atoms with Gasteiger partial charge in [-0.2, -0.15) is 0 Å². The summed E-state index contributed by atoms with van der Waals surface area (Å²) >= 11 is 0. The predicted molar refractivity (Wildman–Crippen MR) is 82.4 cm³/mol. The van der Waals surface area contributed by atoms with Gasteiger partial charge in [-0.15, -0.1) is 0 Å². The van der Waals surface area contributed by atoms with Gasteiger partial charge in [-0.1, -0.05) is 19.1 Å². The highest BCUT2D eigenvalue weighted by Gasteiger charge is 2.41. The van der Waals surface area contributed by atoms with Gasteiger partial charge in [0.05, 0.1) is 6.04 Å². The molecule has 0 amide bonds. The van der Waals surface area contributed by atoms with E-state index >= 15 is 0 Å². The Kier molecular flexibility index (Phi) is 4.99. The minimum atomic E-state index is -0.729. The van der Waals surface area contributed by atoms with Gasteiger partial charge in [0.1, 0.15) is 0 Å². The van der Waals surface area contributed by atoms with Crippen molar-refractivity contribution in [2.24, 2.45) is 0 Å². The van der Waals surface area contributed by atoms with Gasteiger partial charge in [0.25, 0.3) is 0 Å². The Bertz CT molecular complexity index is 498. The van der Waals surface area contributed by atoms with Crippen molar-refractivity contribution in [2.45, 2.75) is 51.6 Å². The van der Waals surface area contributed by atoms with Crippen LogP contribution < -0.4 is 5.32 Å². The molecule has 118 valence electrons. The highest BCUT2D eigenvalue weighted by molar-refractivity contribution is 5.30. The molecule has 1 fully saturated rings. The zero-order chi connectivity index (χ0) is 15.6. The lowest BCUT2D eigenvalue weighted by Crippen LogP contribution is -2.53. The van der Waals surface area contributed by atoms with E-state index in [1.54, 1.807) is 19.1 Å². The Labute approximate surface area is 126 Å². The van der Waals surface area contributed by atoms with Crippen molar-refractivity contribution >= 4 is 0 Å². The second kappa shape index (κ2) is 6.41. The quantitative estimate of drug-likeness (QED) is 0.889. The van der Waals surface area contributed by atoms with E-state index in [4.69, 9.17) is 0 Å². The van der Waals surface area contributed by atoms with E-state index in [0.29, 0.717) is 11.1 Å². The van der Waals surface area contributed by atoms with Gasteiger partial charge >= 0.3 is 0 Å². The molecule has 2 atom stereocenters. The molecule has 2 nitrogen and oxygen atoms in total. The van der Waals surface area contributed by atoms with Crippen LogP contribution in [0.5, 0.6) is 0 Å². The van der Waals surface area contributed by atoms with Crippen molar-refractivity contribution in [1.82, 2.24) is 10.2 Å². The molecule has 1 N–H and O–H groups in total. The second-order valence-electron chi connectivity index (χ2n) is 6.23. The molecule has 1 heterocycles. The molecule has 1 aromatic carbocycles. The zero-order valence-corrected chi connectivity index (χ0v) is 13.5. The first-order valence-corrected chi connectivity index (χ1v) is 7.82. The fraction of sp³-hybridized carbons (Fsp3) is 0.647. The molecule has 0 spiro atoms. The molecule has 4 heteroatoms. The number of nitrogens with one attached hydrogen (secondary N) is 1. The highest BCUT2D eigenvalue weighted by Crippen LogP contribution is 2.37. The van der Waals surface area contributed by atoms with Crippen LogP contribution in [0.3, 0.4) is 0 Å². The first kappa shape index (κ1) is 16.4. The third-order valence-electron chi connectivity index (χ3n) is 5.07. The summed E-state index contributed by atoms with van der Waals surface area (Å²) < 4.78 is 28.4. The molecule has 1 saturated heterocycles. The van der Waals surface area contributed by atoms with Gasteiger partial charge in [-0.3, -0.25) is 4.90 Å². The summed E-state index contributed by atoms with van der Waals surface area (Å²) in [5.41, 5.74) is 0.565. The Morgan fingerprint density at radius 1 is 1.24 bits per heavy atom. The normalized spacial score (nSPS) is 20.5. The molecule has 2 rings (SSSR count). The van der Waals surface area contributed by atoms with E-state index in [1.807, 2.05) is 7.05 Å². The number of nitrogens with zero attached hydrogens (tertiary/aromatic N) is 1. The van der Waals surface area contributed by atoms with Crippen LogP contribution in [-0.2, 0) is 0 Å². The molecule has 1 aliphatic heterocycles. The van der Waals surface area contributed by atoms with Crippen LogP contribution in [0.2, 0.25) is 0 Å². The maximum Gasteiger partial charge on any atom is 0.163 e. The summed E-state index contributed by atoms with van der Waals surface area (Å²) in [5.74, 6) is -1.44. The molecule has 0 bridgehead atoms. The highest BCUT2D eigenvalue weighted by atomic mass is 19.2. The van der Waals surface area contributed by atoms with E-state index in [1.165, 1.54) is 12.8 Å². The van der Waals surface area contributed by atoms with Crippen molar-refractivity contribution in [1.29, 1.82) is 0 Å². The van der Waals surface area contributed by atoms with E-state index in [2.05, 4.69) is 24.1 Å². The van der Waals surface area contributed by atoms with Gasteiger partial charge in [-0.05, 0) is 58.8 Å². The molecule has 2 unspecified atom stereocenters. The van der Waals surface area contributed by atoms with Gasteiger partial charge < -0.3 is 5.32 Å². The Hall–Kier alpha value is -1.00. The summed E-state index contributed by atoms with van der Waals surface area (Å²) in [7, 11) is 1.83. The Morgan fingerprint density at radius 3 is 2.38 bits per heavy atom. The SMILES string of the molecule is CCC(C)(C(NC)c1ccc(C)c(F)c1F)N1CCCC1. The Balaban J connectivity index is 2.44. The minimum Gasteiger partial charge on any atom is -0.311 e. The third-order valence-corrected chi connectivity index (χ3v) is 5.07. The molecule has 1 aromatic rings. The van der Waals surface area contributed by atoms with Crippen LogP contribution in [0, 0.1) is 18.6 Å². The molecule has 0 aromatic heterocycles. The van der Waals surface area contributed by atoms with E-state index in [0.717, 1.165) is 19.5 Å². The third kappa shape index (κ3) is 2.84. The summed E-state index contributed by atoms with van der Waals surface area (Å²) in [6.45, 7) is 7.91. The van der Waals surface area contributed by atoms with Gasteiger partial charge in [0.15, 0.2) is 11.6 Å². The van der Waals surface area contributed by atoms with E-state index < -0.39 is 11.6 Å². The molecule has 0 aliphatic carbocycles. The standard InChI is InChI=1S/C17H26F2N2/c1-5-17(3,21-10-6-7-11-21)16(20-4)13-9-8-12(2)14(18)15(13)19/h8-9,16,20H,5-7,10-11H2,1-4H3. The molecule has 0 saturated carbocycles. The summed E-state index contributed by atoms with van der Waals surface area (Å²) in [5, 5.41) is 3.23. The fourth-order valence-corrected chi connectivity index (χ4v) is 3.52. The molecule has 0 radical (unpaired) electrons. The zero-order valence-electron chi connectivity index (χ0n) is 13.5. The van der Waals surface area contributed by atoms with Crippen molar-refractivity contribution in [3.8, 4) is 0 Å². The average molecular weight is 296 g/mol. The lowest BCUT2D eigenvalue weighted by atomic mass is 9.82. The van der Waals surface area contributed by atoms with Crippen molar-refractivity contribution in [2.75, 3.05) is 20.1 Å². The van der Waals surface area contributed by atoms with Crippen molar-refractivity contribution in [3.05, 3.63) is 34.9 Å². The minimum absolute atomic E-state index is 0.214. The van der Waals surface area contributed by atoms with Crippen LogP contribution >= 0.6 is 0 Å². The summed E-state index contributed by atoms with van der Waals surface area (Å²) in [6, 6.07) is 3.16. The average Bonchev–Trinajstić information content (AvgIpc) is 3.02. The first-order valence-electron chi connectivity index (χ1n) is 7.82. The monoisotopic (exact) mass is 296 g/mol. The second-order valence-corrected chi connectivity index (χ2v) is 6.23. The maximum absolute atomic E-state index is 14.4. The summed E-state index contributed by atoms with van der Waals surface area (Å²) in [6.07, 6.45) is 3.24. The fourth-order valence-electron chi connectivity index (χ4n) is 3.52. The van der Waals surface area contributed by atoms with Crippen LogP contribution in [0.15, 0.2) is 12.1 Å². The van der Waals surface area contributed by atoms with Gasteiger partial charge in [0.2, 0.25) is 0 Å². The summed E-state index contributed by atoms with van der Waals surface area (Å²) in [4.78, 5) is 2.41. The predicted octanol–water partition coefficient (Wildman–Crippen LogP) is 3.80. The molecule has 21 heavy (non-hydrogen) atoms. The number of hydrogen-bond donors (Lipinski definition) is 1. The van der Waals surface area contributed by atoms with Crippen LogP contribution in [0.1, 0.15) is 50.3 Å².